The Bertz CT molecular complexity index is 419. The van der Waals surface area contributed by atoms with Gasteiger partial charge in [-0.2, -0.15) is 0 Å². The lowest BCUT2D eigenvalue weighted by Crippen LogP contribution is -2.51. The molecule has 1 aromatic rings. The van der Waals surface area contributed by atoms with Gasteiger partial charge in [-0.1, -0.05) is 57.0 Å². The molecule has 0 saturated heterocycles. The van der Waals surface area contributed by atoms with Crippen LogP contribution in [-0.4, -0.2) is 22.9 Å². The largest absolute Gasteiger partial charge is 0.370 e. The number of guanidine groups is 1. The highest BCUT2D eigenvalue weighted by molar-refractivity contribution is 5.81. The number of rotatable bonds is 6. The van der Waals surface area contributed by atoms with Crippen LogP contribution in [0.15, 0.2) is 35.3 Å². The van der Waals surface area contributed by atoms with E-state index in [0.717, 1.165) is 25.9 Å². The highest BCUT2D eigenvalue weighted by Gasteiger charge is 2.40. The maximum atomic E-state index is 6.14. The molecule has 1 aliphatic rings. The number of benzene rings is 1. The molecule has 1 aromatic carbocycles. The van der Waals surface area contributed by atoms with Crippen molar-refractivity contribution in [2.75, 3.05) is 6.54 Å². The van der Waals surface area contributed by atoms with Crippen molar-refractivity contribution in [2.45, 2.75) is 51.6 Å². The van der Waals surface area contributed by atoms with E-state index in [4.69, 9.17) is 5.73 Å². The van der Waals surface area contributed by atoms with E-state index in [1.54, 1.807) is 0 Å². The zero-order chi connectivity index (χ0) is 13.7. The van der Waals surface area contributed by atoms with E-state index in [0.29, 0.717) is 5.96 Å². The molecule has 1 aliphatic heterocycles. The summed E-state index contributed by atoms with van der Waals surface area (Å²) in [6.07, 6.45) is 4.68. The van der Waals surface area contributed by atoms with E-state index in [9.17, 15) is 0 Å². The molecule has 0 radical (unpaired) electrons. The maximum Gasteiger partial charge on any atom is 0.192 e. The fourth-order valence-corrected chi connectivity index (χ4v) is 3.14. The van der Waals surface area contributed by atoms with Gasteiger partial charge in [0.15, 0.2) is 5.96 Å². The molecule has 0 saturated carbocycles. The predicted molar refractivity (Wildman–Crippen MR) is 81.0 cm³/mol. The summed E-state index contributed by atoms with van der Waals surface area (Å²) in [6, 6.07) is 10.5. The number of aliphatic imine (C=N–C) groups is 1. The molecule has 19 heavy (non-hydrogen) atoms. The Balaban J connectivity index is 2.20. The van der Waals surface area contributed by atoms with Crippen molar-refractivity contribution in [3.63, 3.8) is 0 Å². The molecule has 0 atom stereocenters. The average Bonchev–Trinajstić information content (AvgIpc) is 2.71. The summed E-state index contributed by atoms with van der Waals surface area (Å²) in [7, 11) is 0. The quantitative estimate of drug-likeness (QED) is 0.852. The Hall–Kier alpha value is -1.51. The van der Waals surface area contributed by atoms with E-state index in [2.05, 4.69) is 54.1 Å². The lowest BCUT2D eigenvalue weighted by atomic mass is 9.87. The zero-order valence-electron chi connectivity index (χ0n) is 12.1. The number of nitrogens with zero attached hydrogens (tertiary/aromatic N) is 2. The summed E-state index contributed by atoms with van der Waals surface area (Å²) in [5.41, 5.74) is 7.59. The third kappa shape index (κ3) is 2.91. The molecule has 104 valence electrons. The molecule has 0 bridgehead atoms. The molecular formula is C16H25N3. The van der Waals surface area contributed by atoms with Crippen molar-refractivity contribution in [1.29, 1.82) is 0 Å². The highest BCUT2D eigenvalue weighted by atomic mass is 15.4. The zero-order valence-corrected chi connectivity index (χ0v) is 12.1. The molecule has 1 heterocycles. The summed E-state index contributed by atoms with van der Waals surface area (Å²) >= 11 is 0. The first-order valence-electron chi connectivity index (χ1n) is 7.33. The van der Waals surface area contributed by atoms with Crippen LogP contribution in [0, 0.1) is 0 Å². The van der Waals surface area contributed by atoms with E-state index >= 15 is 0 Å². The van der Waals surface area contributed by atoms with Gasteiger partial charge >= 0.3 is 0 Å². The van der Waals surface area contributed by atoms with Gasteiger partial charge in [0.2, 0.25) is 0 Å². The number of hydrogen-bond acceptors (Lipinski definition) is 3. The van der Waals surface area contributed by atoms with Crippen LogP contribution in [0.5, 0.6) is 0 Å². The van der Waals surface area contributed by atoms with Crippen molar-refractivity contribution in [3.05, 3.63) is 35.9 Å². The Morgan fingerprint density at radius 1 is 1.16 bits per heavy atom. The molecule has 2 rings (SSSR count). The fraction of sp³-hybridized carbons (Fsp3) is 0.562. The van der Waals surface area contributed by atoms with Crippen molar-refractivity contribution in [3.8, 4) is 0 Å². The summed E-state index contributed by atoms with van der Waals surface area (Å²) in [5, 5.41) is 0. The van der Waals surface area contributed by atoms with Crippen molar-refractivity contribution < 1.29 is 0 Å². The Labute approximate surface area is 116 Å². The summed E-state index contributed by atoms with van der Waals surface area (Å²) in [4.78, 5) is 6.85. The Morgan fingerprint density at radius 2 is 1.79 bits per heavy atom. The van der Waals surface area contributed by atoms with Gasteiger partial charge < -0.3 is 10.6 Å². The van der Waals surface area contributed by atoms with E-state index in [-0.39, 0.29) is 5.54 Å². The normalized spacial score (nSPS) is 17.6. The molecule has 0 fully saturated rings. The molecule has 0 spiro atoms. The van der Waals surface area contributed by atoms with Gasteiger partial charge in [-0.25, -0.2) is 0 Å². The SMILES string of the molecule is CCCC1(CCC)CN=C(N)N1Cc1ccccc1. The van der Waals surface area contributed by atoms with Gasteiger partial charge in [0, 0.05) is 6.54 Å². The Morgan fingerprint density at radius 3 is 2.37 bits per heavy atom. The molecule has 0 amide bonds. The first-order chi connectivity index (χ1) is 9.22. The van der Waals surface area contributed by atoms with Crippen LogP contribution in [0.25, 0.3) is 0 Å². The van der Waals surface area contributed by atoms with Crippen LogP contribution >= 0.6 is 0 Å². The van der Waals surface area contributed by atoms with E-state index in [1.165, 1.54) is 18.4 Å². The third-order valence-electron chi connectivity index (χ3n) is 4.00. The standard InChI is InChI=1S/C16H25N3/c1-3-10-16(11-4-2)13-18-15(17)19(16)12-14-8-6-5-7-9-14/h5-9H,3-4,10-13H2,1-2H3,(H2,17,18). The molecule has 3 heteroatoms. The molecule has 3 nitrogen and oxygen atoms in total. The van der Waals surface area contributed by atoms with Gasteiger partial charge in [-0.15, -0.1) is 0 Å². The van der Waals surface area contributed by atoms with E-state index < -0.39 is 0 Å². The molecule has 2 N–H and O–H groups in total. The van der Waals surface area contributed by atoms with Crippen molar-refractivity contribution >= 4 is 5.96 Å². The molecule has 0 unspecified atom stereocenters. The van der Waals surface area contributed by atoms with Gasteiger partial charge in [-0.3, -0.25) is 4.99 Å². The van der Waals surface area contributed by atoms with Crippen LogP contribution in [0.1, 0.15) is 45.1 Å². The maximum absolute atomic E-state index is 6.14. The van der Waals surface area contributed by atoms with Crippen molar-refractivity contribution in [1.82, 2.24) is 4.90 Å². The lowest BCUT2D eigenvalue weighted by molar-refractivity contribution is 0.162. The average molecular weight is 259 g/mol. The van der Waals surface area contributed by atoms with Crippen LogP contribution < -0.4 is 5.73 Å². The van der Waals surface area contributed by atoms with E-state index in [1.807, 2.05) is 0 Å². The monoisotopic (exact) mass is 259 g/mol. The number of nitrogens with two attached hydrogens (primary N) is 1. The van der Waals surface area contributed by atoms with Gasteiger partial charge in [-0.05, 0) is 18.4 Å². The number of hydrogen-bond donors (Lipinski definition) is 1. The first kappa shape index (κ1) is 13.9. The molecule has 0 aliphatic carbocycles. The molecular weight excluding hydrogens is 234 g/mol. The summed E-state index contributed by atoms with van der Waals surface area (Å²) in [6.45, 7) is 6.21. The van der Waals surface area contributed by atoms with Gasteiger partial charge in [0.25, 0.3) is 0 Å². The van der Waals surface area contributed by atoms with Crippen LogP contribution in [0.4, 0.5) is 0 Å². The lowest BCUT2D eigenvalue weighted by Gasteiger charge is -2.39. The smallest absolute Gasteiger partial charge is 0.192 e. The summed E-state index contributed by atoms with van der Waals surface area (Å²) < 4.78 is 0. The second-order valence-corrected chi connectivity index (χ2v) is 5.47. The fourth-order valence-electron chi connectivity index (χ4n) is 3.14. The van der Waals surface area contributed by atoms with Gasteiger partial charge in [0.1, 0.15) is 0 Å². The summed E-state index contributed by atoms with van der Waals surface area (Å²) in [5.74, 6) is 0.714. The van der Waals surface area contributed by atoms with Crippen LogP contribution in [0.2, 0.25) is 0 Å². The first-order valence-corrected chi connectivity index (χ1v) is 7.33. The highest BCUT2D eigenvalue weighted by Crippen LogP contribution is 2.33. The predicted octanol–water partition coefficient (Wildman–Crippen LogP) is 3.16. The second-order valence-electron chi connectivity index (χ2n) is 5.47. The van der Waals surface area contributed by atoms with Crippen LogP contribution in [-0.2, 0) is 6.54 Å². The van der Waals surface area contributed by atoms with Gasteiger partial charge in [0.05, 0.1) is 12.1 Å². The third-order valence-corrected chi connectivity index (χ3v) is 4.00. The topological polar surface area (TPSA) is 41.6 Å². The minimum Gasteiger partial charge on any atom is -0.370 e. The Kier molecular flexibility index (Phi) is 4.46. The molecule has 0 aromatic heterocycles. The van der Waals surface area contributed by atoms with Crippen LogP contribution in [0.3, 0.4) is 0 Å². The minimum absolute atomic E-state index is 0.142. The second kappa shape index (κ2) is 6.09. The van der Waals surface area contributed by atoms with Crippen molar-refractivity contribution in [2.24, 2.45) is 10.7 Å². The minimum atomic E-state index is 0.142.